The van der Waals surface area contributed by atoms with Crippen LogP contribution in [0.4, 0.5) is 0 Å². The average molecular weight is 453 g/mol. The predicted octanol–water partition coefficient (Wildman–Crippen LogP) is 3.67. The topological polar surface area (TPSA) is 78.4 Å². The fourth-order valence-corrected chi connectivity index (χ4v) is 4.25. The van der Waals surface area contributed by atoms with Crippen molar-refractivity contribution in [1.82, 2.24) is 18.7 Å². The molecular weight excluding hydrogens is 428 g/mol. The van der Waals surface area contributed by atoms with E-state index in [2.05, 4.69) is 5.10 Å². The number of para-hydroxylation sites is 1. The summed E-state index contributed by atoms with van der Waals surface area (Å²) in [6, 6.07) is 20.5. The molecule has 0 fully saturated rings. The molecule has 5 aromatic rings. The lowest BCUT2D eigenvalue weighted by molar-refractivity contribution is 0.0965. The van der Waals surface area contributed by atoms with Gasteiger partial charge in [0.25, 0.3) is 5.56 Å². The van der Waals surface area contributed by atoms with Gasteiger partial charge in [-0.25, -0.2) is 13.9 Å². The van der Waals surface area contributed by atoms with Gasteiger partial charge in [0.2, 0.25) is 5.78 Å². The van der Waals surface area contributed by atoms with Crippen molar-refractivity contribution in [2.75, 3.05) is 0 Å². The molecule has 0 spiro atoms. The number of benzene rings is 3. The number of aryl methyl sites for hydroxylation is 3. The van der Waals surface area contributed by atoms with E-state index in [4.69, 9.17) is 0 Å². The molecule has 2 heterocycles. The summed E-state index contributed by atoms with van der Waals surface area (Å²) in [7, 11) is 0. The van der Waals surface area contributed by atoms with Crippen LogP contribution in [0.2, 0.25) is 0 Å². The molecule has 0 saturated heterocycles. The van der Waals surface area contributed by atoms with E-state index >= 15 is 0 Å². The Morgan fingerprint density at radius 2 is 1.59 bits per heavy atom. The Balaban J connectivity index is 1.69. The lowest BCUT2D eigenvalue weighted by Gasteiger charge is -2.10. The van der Waals surface area contributed by atoms with Crippen molar-refractivity contribution in [3.8, 4) is 0 Å². The Morgan fingerprint density at radius 1 is 0.882 bits per heavy atom. The molecule has 3 aromatic carbocycles. The van der Waals surface area contributed by atoms with Gasteiger partial charge in [-0.05, 0) is 50.1 Å². The van der Waals surface area contributed by atoms with Crippen molar-refractivity contribution in [2.24, 2.45) is 0 Å². The number of rotatable bonds is 5. The first-order valence-corrected chi connectivity index (χ1v) is 11.1. The van der Waals surface area contributed by atoms with Crippen molar-refractivity contribution >= 4 is 22.5 Å². The number of carbonyl (C=O) groups is 1. The molecule has 0 amide bonds. The van der Waals surface area contributed by atoms with Crippen LogP contribution < -0.4 is 11.2 Å². The third kappa shape index (κ3) is 3.65. The fourth-order valence-electron chi connectivity index (χ4n) is 4.25. The molecular formula is C27H24N4O3. The predicted molar refractivity (Wildman–Crippen MR) is 132 cm³/mol. The second kappa shape index (κ2) is 8.26. The van der Waals surface area contributed by atoms with Crippen LogP contribution in [0, 0.1) is 20.8 Å². The molecule has 0 aliphatic carbocycles. The van der Waals surface area contributed by atoms with Crippen molar-refractivity contribution in [2.45, 2.75) is 33.9 Å². The van der Waals surface area contributed by atoms with Crippen LogP contribution >= 0.6 is 0 Å². The average Bonchev–Trinajstić information content (AvgIpc) is 3.15. The Labute approximate surface area is 195 Å². The molecule has 0 aliphatic heterocycles. The number of nitrogens with zero attached hydrogens (tertiary/aromatic N) is 4. The van der Waals surface area contributed by atoms with Gasteiger partial charge in [-0.3, -0.25) is 14.2 Å². The largest absolute Gasteiger partial charge is 0.352 e. The fraction of sp³-hybridized carbons (Fsp3) is 0.185. The van der Waals surface area contributed by atoms with E-state index in [9.17, 15) is 14.4 Å². The zero-order valence-electron chi connectivity index (χ0n) is 19.3. The number of hydrogen-bond acceptors (Lipinski definition) is 4. The van der Waals surface area contributed by atoms with E-state index in [1.807, 2.05) is 63.2 Å². The minimum atomic E-state index is -0.456. The van der Waals surface area contributed by atoms with Crippen molar-refractivity contribution < 1.29 is 4.79 Å². The highest BCUT2D eigenvalue weighted by atomic mass is 16.2. The molecule has 34 heavy (non-hydrogen) atoms. The highest BCUT2D eigenvalue weighted by Crippen LogP contribution is 2.15. The summed E-state index contributed by atoms with van der Waals surface area (Å²) < 4.78 is 4.06. The first-order chi connectivity index (χ1) is 16.3. The summed E-state index contributed by atoms with van der Waals surface area (Å²) in [6.45, 7) is 5.83. The van der Waals surface area contributed by atoms with Gasteiger partial charge >= 0.3 is 5.69 Å². The van der Waals surface area contributed by atoms with Crippen molar-refractivity contribution in [1.29, 1.82) is 0 Å². The Bertz CT molecular complexity index is 1690. The summed E-state index contributed by atoms with van der Waals surface area (Å²) in [5.41, 5.74) is 4.18. The number of aromatic nitrogens is 4. The highest BCUT2D eigenvalue weighted by Gasteiger charge is 2.20. The van der Waals surface area contributed by atoms with Gasteiger partial charge in [0.05, 0.1) is 17.4 Å². The Hall–Kier alpha value is -4.26. The summed E-state index contributed by atoms with van der Waals surface area (Å²) >= 11 is 0. The second-order valence-corrected chi connectivity index (χ2v) is 8.71. The molecule has 0 bridgehead atoms. The quantitative estimate of drug-likeness (QED) is 0.381. The summed E-state index contributed by atoms with van der Waals surface area (Å²) in [5.74, 6) is 0.00600. The van der Waals surface area contributed by atoms with E-state index in [0.29, 0.717) is 16.5 Å². The Kier molecular flexibility index (Phi) is 5.24. The van der Waals surface area contributed by atoms with E-state index in [0.717, 1.165) is 26.9 Å². The van der Waals surface area contributed by atoms with Crippen LogP contribution in [0.25, 0.3) is 16.7 Å². The summed E-state index contributed by atoms with van der Waals surface area (Å²) in [4.78, 5) is 39.9. The van der Waals surface area contributed by atoms with Gasteiger partial charge in [0.1, 0.15) is 6.54 Å². The monoisotopic (exact) mass is 452 g/mol. The van der Waals surface area contributed by atoms with E-state index in [1.165, 1.54) is 8.97 Å². The maximum Gasteiger partial charge on any atom is 0.352 e. The minimum Gasteiger partial charge on any atom is -0.292 e. The zero-order chi connectivity index (χ0) is 24.0. The van der Waals surface area contributed by atoms with Crippen LogP contribution in [0.1, 0.15) is 32.6 Å². The summed E-state index contributed by atoms with van der Waals surface area (Å²) in [5, 5.41) is 4.88. The van der Waals surface area contributed by atoms with Crippen LogP contribution in [-0.2, 0) is 13.1 Å². The van der Waals surface area contributed by atoms with Gasteiger partial charge in [-0.1, -0.05) is 59.7 Å². The lowest BCUT2D eigenvalue weighted by Crippen LogP contribution is -2.28. The third-order valence-electron chi connectivity index (χ3n) is 6.13. The van der Waals surface area contributed by atoms with Gasteiger partial charge in [0, 0.05) is 5.56 Å². The number of carbonyl (C=O) groups excluding carboxylic acids is 1. The van der Waals surface area contributed by atoms with Crippen molar-refractivity contribution in [3.63, 3.8) is 0 Å². The number of Topliss-reactive ketones (excluding diaryl/α,β-unsaturated/α-hetero) is 1. The molecule has 0 saturated carbocycles. The normalized spacial score (nSPS) is 11.4. The number of ketones is 1. The number of fused-ring (bicyclic) bond motifs is 3. The van der Waals surface area contributed by atoms with Gasteiger partial charge in [-0.2, -0.15) is 0 Å². The van der Waals surface area contributed by atoms with E-state index < -0.39 is 5.69 Å². The van der Waals surface area contributed by atoms with Crippen LogP contribution in [0.15, 0.2) is 76.3 Å². The molecule has 7 nitrogen and oxygen atoms in total. The van der Waals surface area contributed by atoms with Crippen LogP contribution in [-0.4, -0.2) is 24.5 Å². The SMILES string of the molecule is Cc1ccc(Cn2c(=O)c3ccccc3n3c(=O)n(CC(=O)c4cc(C)ccc4C)nc23)cc1. The zero-order valence-corrected chi connectivity index (χ0v) is 19.3. The Morgan fingerprint density at radius 3 is 2.35 bits per heavy atom. The molecule has 170 valence electrons. The van der Waals surface area contributed by atoms with E-state index in [-0.39, 0.29) is 30.2 Å². The van der Waals surface area contributed by atoms with Crippen LogP contribution in [0.5, 0.6) is 0 Å². The van der Waals surface area contributed by atoms with Crippen LogP contribution in [0.3, 0.4) is 0 Å². The minimum absolute atomic E-state index is 0.205. The first-order valence-electron chi connectivity index (χ1n) is 11.1. The molecule has 0 atom stereocenters. The molecule has 7 heteroatoms. The lowest BCUT2D eigenvalue weighted by atomic mass is 10.0. The van der Waals surface area contributed by atoms with Gasteiger partial charge in [0.15, 0.2) is 5.78 Å². The maximum absolute atomic E-state index is 13.4. The van der Waals surface area contributed by atoms with Gasteiger partial charge in [-0.15, -0.1) is 5.10 Å². The maximum atomic E-state index is 13.4. The first kappa shape index (κ1) is 21.6. The molecule has 0 N–H and O–H groups in total. The molecule has 2 aromatic heterocycles. The van der Waals surface area contributed by atoms with E-state index in [1.54, 1.807) is 24.3 Å². The number of hydrogen-bond donors (Lipinski definition) is 0. The van der Waals surface area contributed by atoms with Crippen molar-refractivity contribution in [3.05, 3.63) is 115 Å². The molecule has 0 aliphatic rings. The molecule has 5 rings (SSSR count). The molecule has 0 radical (unpaired) electrons. The summed E-state index contributed by atoms with van der Waals surface area (Å²) in [6.07, 6.45) is 0. The highest BCUT2D eigenvalue weighted by molar-refractivity contribution is 5.97. The molecule has 0 unspecified atom stereocenters. The van der Waals surface area contributed by atoms with Gasteiger partial charge < -0.3 is 0 Å². The standard InChI is InChI=1S/C27H24N4O3/c1-17-9-12-20(13-10-17)15-29-25(33)21-6-4-5-7-23(21)31-26(29)28-30(27(31)34)16-24(32)22-14-18(2)8-11-19(22)3/h4-14H,15-16H2,1-3H3. The smallest absolute Gasteiger partial charge is 0.292 e. The second-order valence-electron chi connectivity index (χ2n) is 8.71. The third-order valence-corrected chi connectivity index (χ3v) is 6.13.